The number of carboxylic acids is 1. The van der Waals surface area contributed by atoms with Gasteiger partial charge in [0, 0.05) is 32.6 Å². The monoisotopic (exact) mass is 493 g/mol. The van der Waals surface area contributed by atoms with E-state index in [2.05, 4.69) is 0 Å². The molecule has 0 amide bonds. The van der Waals surface area contributed by atoms with Gasteiger partial charge < -0.3 is 25.1 Å². The van der Waals surface area contributed by atoms with Crippen LogP contribution in [0.25, 0.3) is 0 Å². The second-order valence-electron chi connectivity index (χ2n) is 9.43. The van der Waals surface area contributed by atoms with E-state index in [0.717, 1.165) is 12.8 Å². The minimum atomic E-state index is -1.75. The summed E-state index contributed by atoms with van der Waals surface area (Å²) in [6.07, 6.45) is 1.00. The molecule has 0 aliphatic rings. The number of ether oxygens (including phenoxy) is 3. The van der Waals surface area contributed by atoms with E-state index in [9.17, 15) is 24.3 Å². The van der Waals surface area contributed by atoms with Crippen molar-refractivity contribution in [3.8, 4) is 11.5 Å². The average Bonchev–Trinajstić information content (AvgIpc) is 2.74. The quantitative estimate of drug-likeness (QED) is 0.290. The van der Waals surface area contributed by atoms with Gasteiger partial charge in [-0.2, -0.15) is 0 Å². The van der Waals surface area contributed by atoms with Crippen LogP contribution in [0.5, 0.6) is 11.5 Å². The molecule has 0 heterocycles. The van der Waals surface area contributed by atoms with Crippen molar-refractivity contribution in [2.45, 2.75) is 91.7 Å². The van der Waals surface area contributed by atoms with Crippen LogP contribution in [0.4, 0.5) is 0 Å². The van der Waals surface area contributed by atoms with E-state index in [0.29, 0.717) is 5.56 Å². The van der Waals surface area contributed by atoms with Crippen molar-refractivity contribution < 1.29 is 38.5 Å². The third kappa shape index (κ3) is 10.5. The average molecular weight is 494 g/mol. The van der Waals surface area contributed by atoms with Crippen LogP contribution < -0.4 is 15.2 Å². The zero-order valence-electron chi connectivity index (χ0n) is 21.6. The molecule has 0 radical (unpaired) electrons. The van der Waals surface area contributed by atoms with Crippen molar-refractivity contribution in [3.05, 3.63) is 23.8 Å². The molecule has 0 aliphatic heterocycles. The van der Waals surface area contributed by atoms with Crippen LogP contribution in [-0.4, -0.2) is 40.6 Å². The Balaban J connectivity index is 3.23. The molecule has 0 aliphatic carbocycles. The van der Waals surface area contributed by atoms with E-state index < -0.39 is 35.5 Å². The first-order chi connectivity index (χ1) is 16.3. The topological polar surface area (TPSA) is 142 Å². The summed E-state index contributed by atoms with van der Waals surface area (Å²) in [5.41, 5.74) is 4.90. The van der Waals surface area contributed by atoms with Crippen molar-refractivity contribution in [3.63, 3.8) is 0 Å². The van der Waals surface area contributed by atoms with E-state index >= 15 is 0 Å². The van der Waals surface area contributed by atoms with Gasteiger partial charge >= 0.3 is 23.9 Å². The van der Waals surface area contributed by atoms with Crippen molar-refractivity contribution in [2.75, 3.05) is 0 Å². The van der Waals surface area contributed by atoms with E-state index in [4.69, 9.17) is 19.9 Å². The first kappa shape index (κ1) is 30.1. The third-order valence-electron chi connectivity index (χ3n) is 5.84. The molecule has 1 aromatic carbocycles. The normalized spacial score (nSPS) is 15.3. The fourth-order valence-corrected chi connectivity index (χ4v) is 3.45. The van der Waals surface area contributed by atoms with Crippen molar-refractivity contribution in [1.29, 1.82) is 0 Å². The number of esters is 3. The van der Waals surface area contributed by atoms with Gasteiger partial charge in [-0.25, -0.2) is 0 Å². The van der Waals surface area contributed by atoms with E-state index in [-0.39, 0.29) is 49.0 Å². The molecule has 9 heteroatoms. The Kier molecular flexibility index (Phi) is 11.9. The summed E-state index contributed by atoms with van der Waals surface area (Å²) in [7, 11) is 0. The zero-order valence-corrected chi connectivity index (χ0v) is 21.6. The highest BCUT2D eigenvalue weighted by Gasteiger charge is 2.37. The first-order valence-electron chi connectivity index (χ1n) is 12.0. The molecule has 0 saturated heterocycles. The lowest BCUT2D eigenvalue weighted by Gasteiger charge is -2.28. The summed E-state index contributed by atoms with van der Waals surface area (Å²) in [6.45, 7) is 10.6. The Hall–Kier alpha value is -2.94. The number of rotatable bonds is 14. The minimum Gasteiger partial charge on any atom is -0.480 e. The maximum atomic E-state index is 12.5. The van der Waals surface area contributed by atoms with Gasteiger partial charge in [0.15, 0.2) is 11.5 Å². The van der Waals surface area contributed by atoms with Crippen LogP contribution in [0.3, 0.4) is 0 Å². The summed E-state index contributed by atoms with van der Waals surface area (Å²) in [6, 6.07) is 4.49. The predicted molar refractivity (Wildman–Crippen MR) is 130 cm³/mol. The molecular weight excluding hydrogens is 454 g/mol. The highest BCUT2D eigenvalue weighted by molar-refractivity contribution is 5.80. The Labute approximate surface area is 207 Å². The molecule has 0 saturated carbocycles. The van der Waals surface area contributed by atoms with Gasteiger partial charge in [-0.15, -0.1) is 0 Å². The van der Waals surface area contributed by atoms with Crippen LogP contribution in [0.2, 0.25) is 0 Å². The smallest absolute Gasteiger partial charge is 0.324 e. The van der Waals surface area contributed by atoms with Crippen LogP contribution in [0.1, 0.15) is 79.2 Å². The number of carboxylic acid groups (broad SMARTS) is 1. The Morgan fingerprint density at radius 1 is 0.943 bits per heavy atom. The molecule has 4 atom stereocenters. The Morgan fingerprint density at radius 2 is 1.46 bits per heavy atom. The van der Waals surface area contributed by atoms with Crippen molar-refractivity contribution in [2.24, 2.45) is 17.6 Å². The molecule has 1 aromatic rings. The summed E-state index contributed by atoms with van der Waals surface area (Å²) in [4.78, 5) is 48.0. The van der Waals surface area contributed by atoms with Crippen LogP contribution in [0.15, 0.2) is 18.2 Å². The molecule has 1 rings (SSSR count). The number of carbonyl (C=O) groups excluding carboxylic acids is 3. The van der Waals surface area contributed by atoms with E-state index in [1.807, 2.05) is 27.7 Å². The van der Waals surface area contributed by atoms with Gasteiger partial charge in [-0.3, -0.25) is 19.2 Å². The minimum absolute atomic E-state index is 0.0223. The number of carbonyl (C=O) groups is 4. The maximum absolute atomic E-state index is 12.5. The number of aliphatic carboxylic acids is 1. The highest BCUT2D eigenvalue weighted by Crippen LogP contribution is 2.32. The molecule has 0 aromatic heterocycles. The standard InChI is InChI=1S/C26H39NO8/c1-7-16(3)11-23(29)34-21-10-9-20(13-22(21)35-24(30)12-17(4)8-2)15-26(27,25(31)32)14-18(5)33-19(6)28/h9-10,13,16-18H,7-8,11-12,14-15,27H2,1-6H3,(H,31,32)/t16?,17?,18-,26?/m0/s1. The van der Waals surface area contributed by atoms with Crippen LogP contribution >= 0.6 is 0 Å². The molecule has 35 heavy (non-hydrogen) atoms. The summed E-state index contributed by atoms with van der Waals surface area (Å²) < 4.78 is 16.0. The van der Waals surface area contributed by atoms with Gasteiger partial charge in [0.1, 0.15) is 11.6 Å². The molecular formula is C26H39NO8. The summed E-state index contributed by atoms with van der Waals surface area (Å²) in [5.74, 6) is -2.42. The van der Waals surface area contributed by atoms with E-state index in [1.165, 1.54) is 19.1 Å². The van der Waals surface area contributed by atoms with Crippen LogP contribution in [0, 0.1) is 11.8 Å². The fraction of sp³-hybridized carbons (Fsp3) is 0.615. The fourth-order valence-electron chi connectivity index (χ4n) is 3.45. The summed E-state index contributed by atoms with van der Waals surface area (Å²) >= 11 is 0. The highest BCUT2D eigenvalue weighted by atomic mass is 16.6. The van der Waals surface area contributed by atoms with Crippen molar-refractivity contribution >= 4 is 23.9 Å². The predicted octanol–water partition coefficient (Wildman–Crippen LogP) is 4.04. The van der Waals surface area contributed by atoms with Gasteiger partial charge in [-0.1, -0.05) is 46.6 Å². The number of nitrogens with two attached hydrogens (primary N) is 1. The maximum Gasteiger partial charge on any atom is 0.324 e. The third-order valence-corrected chi connectivity index (χ3v) is 5.84. The number of hydrogen-bond donors (Lipinski definition) is 2. The molecule has 3 N–H and O–H groups in total. The lowest BCUT2D eigenvalue weighted by Crippen LogP contribution is -2.52. The SMILES string of the molecule is CCC(C)CC(=O)Oc1ccc(CC(N)(C[C@H](C)OC(C)=O)C(=O)O)cc1OC(=O)CC(C)CC. The van der Waals surface area contributed by atoms with Gasteiger partial charge in [0.25, 0.3) is 0 Å². The van der Waals surface area contributed by atoms with Gasteiger partial charge in [0.2, 0.25) is 0 Å². The molecule has 9 nitrogen and oxygen atoms in total. The Morgan fingerprint density at radius 3 is 1.91 bits per heavy atom. The second-order valence-corrected chi connectivity index (χ2v) is 9.43. The lowest BCUT2D eigenvalue weighted by atomic mass is 9.86. The van der Waals surface area contributed by atoms with Gasteiger partial charge in [-0.05, 0) is 36.5 Å². The molecule has 0 spiro atoms. The number of benzene rings is 1. The van der Waals surface area contributed by atoms with E-state index in [1.54, 1.807) is 13.0 Å². The molecule has 0 bridgehead atoms. The first-order valence-corrected chi connectivity index (χ1v) is 12.0. The zero-order chi connectivity index (χ0) is 26.8. The largest absolute Gasteiger partial charge is 0.480 e. The second kappa shape index (κ2) is 13.8. The molecule has 196 valence electrons. The Bertz CT molecular complexity index is 899. The van der Waals surface area contributed by atoms with Gasteiger partial charge in [0.05, 0.1) is 0 Å². The number of hydrogen-bond acceptors (Lipinski definition) is 8. The van der Waals surface area contributed by atoms with Crippen LogP contribution in [-0.2, 0) is 30.3 Å². The molecule has 3 unspecified atom stereocenters. The molecule has 0 fully saturated rings. The summed E-state index contributed by atoms with van der Waals surface area (Å²) in [5, 5.41) is 9.78. The van der Waals surface area contributed by atoms with Crippen molar-refractivity contribution in [1.82, 2.24) is 0 Å². The lowest BCUT2D eigenvalue weighted by molar-refractivity contribution is -0.151.